The van der Waals surface area contributed by atoms with Gasteiger partial charge in [-0.1, -0.05) is 84.9 Å². The third-order valence-electron chi connectivity index (χ3n) is 12.1. The summed E-state index contributed by atoms with van der Waals surface area (Å²) in [7, 11) is 0. The molecule has 0 saturated carbocycles. The van der Waals surface area contributed by atoms with Crippen LogP contribution in [0.25, 0.3) is 0 Å². The monoisotopic (exact) mass is 808 g/mol. The van der Waals surface area contributed by atoms with Gasteiger partial charge in [0.1, 0.15) is 30.3 Å². The maximum atomic E-state index is 12.7. The van der Waals surface area contributed by atoms with E-state index in [9.17, 15) is 4.79 Å². The average molecular weight is 810 g/mol. The van der Waals surface area contributed by atoms with E-state index in [0.717, 1.165) is 81.9 Å². The molecule has 0 aromatic heterocycles. The van der Waals surface area contributed by atoms with Crippen molar-refractivity contribution in [3.63, 3.8) is 0 Å². The third kappa shape index (κ3) is 13.0. The largest absolute Gasteiger partial charge is 0.489 e. The first-order chi connectivity index (χ1) is 27.7. The van der Waals surface area contributed by atoms with Crippen LogP contribution >= 0.6 is 12.4 Å². The van der Waals surface area contributed by atoms with Crippen LogP contribution in [0.5, 0.6) is 11.5 Å². The number of nitrogens with zero attached hydrogens (tertiary/aromatic N) is 3. The van der Waals surface area contributed by atoms with Gasteiger partial charge in [-0.15, -0.1) is 12.4 Å². The van der Waals surface area contributed by atoms with E-state index in [1.807, 2.05) is 62.1 Å². The summed E-state index contributed by atoms with van der Waals surface area (Å²) >= 11 is 0. The van der Waals surface area contributed by atoms with Crippen molar-refractivity contribution in [3.05, 3.63) is 131 Å². The van der Waals surface area contributed by atoms with Crippen LogP contribution in [0.1, 0.15) is 68.7 Å². The number of carbonyl (C=O) groups is 1. The fourth-order valence-electron chi connectivity index (χ4n) is 8.82. The fraction of sp³-hybridized carbons (Fsp3) is 0.490. The second-order valence-electron chi connectivity index (χ2n) is 17.4. The second kappa shape index (κ2) is 21.3. The molecule has 1 N–H and O–H groups in total. The molecular weight excluding hydrogens is 744 g/mol. The number of ether oxygens (including phenoxy) is 3. The summed E-state index contributed by atoms with van der Waals surface area (Å²) in [6.45, 7) is 15.8. The molecule has 4 aliphatic heterocycles. The minimum Gasteiger partial charge on any atom is -0.489 e. The number of hydrogen-bond donors (Lipinski definition) is 1. The highest BCUT2D eigenvalue weighted by Crippen LogP contribution is 2.33. The lowest BCUT2D eigenvalue weighted by Gasteiger charge is -2.38. The fourth-order valence-corrected chi connectivity index (χ4v) is 8.82. The standard InChI is InChI=1S/C27H36N2O3.C22H28N2O.ClH/c1-27(2,3)32-26(30)29-18-15-23-14-17-28(19-25(23)29)16-13-21-9-11-24(12-10-21)31-20-22-7-5-4-6-8-22;1-2-4-19(5-3-1)17-25-21-8-6-18(7-9-21)11-14-24-15-12-20-10-13-23-22(20)16-24;/h4-12,23,25H,13-20H2,1-3H3;1-9,20,22-23H,10-17H2;1H/t23-,25-;20-,22+;/m01./s1. The van der Waals surface area contributed by atoms with Crippen LogP contribution in [0.2, 0.25) is 0 Å². The smallest absolute Gasteiger partial charge is 0.410 e. The van der Waals surface area contributed by atoms with Gasteiger partial charge in [-0.3, -0.25) is 0 Å². The molecule has 4 atom stereocenters. The molecule has 0 bridgehead atoms. The molecule has 0 radical (unpaired) electrons. The van der Waals surface area contributed by atoms with Crippen molar-refractivity contribution in [2.75, 3.05) is 52.4 Å². The van der Waals surface area contributed by atoms with Crippen LogP contribution < -0.4 is 14.8 Å². The number of hydrogen-bond acceptors (Lipinski definition) is 7. The number of carbonyl (C=O) groups excluding carboxylic acids is 1. The van der Waals surface area contributed by atoms with E-state index in [2.05, 4.69) is 87.9 Å². The van der Waals surface area contributed by atoms with Gasteiger partial charge in [0.2, 0.25) is 0 Å². The molecule has 4 aromatic rings. The quantitative estimate of drug-likeness (QED) is 0.153. The molecule has 1 amide bonds. The van der Waals surface area contributed by atoms with Gasteiger partial charge in [-0.05, 0) is 137 Å². The van der Waals surface area contributed by atoms with Gasteiger partial charge >= 0.3 is 6.09 Å². The van der Waals surface area contributed by atoms with Crippen LogP contribution in [0, 0.1) is 11.8 Å². The van der Waals surface area contributed by atoms with Crippen molar-refractivity contribution < 1.29 is 19.0 Å². The Hall–Kier alpha value is -4.08. The molecule has 58 heavy (non-hydrogen) atoms. The van der Waals surface area contributed by atoms with Gasteiger partial charge in [-0.25, -0.2) is 4.79 Å². The Morgan fingerprint density at radius 3 is 1.66 bits per heavy atom. The van der Waals surface area contributed by atoms with Crippen LogP contribution in [-0.4, -0.2) is 90.8 Å². The van der Waals surface area contributed by atoms with Crippen molar-refractivity contribution in [1.82, 2.24) is 20.0 Å². The van der Waals surface area contributed by atoms with Crippen molar-refractivity contribution >= 4 is 18.5 Å². The number of halogens is 1. The number of nitrogens with one attached hydrogen (secondary N) is 1. The number of amides is 1. The van der Waals surface area contributed by atoms with Gasteiger partial charge in [0.15, 0.2) is 0 Å². The highest BCUT2D eigenvalue weighted by atomic mass is 35.5. The molecule has 9 heteroatoms. The zero-order valence-electron chi connectivity index (χ0n) is 34.9. The highest BCUT2D eigenvalue weighted by Gasteiger charge is 2.42. The van der Waals surface area contributed by atoms with Gasteiger partial charge < -0.3 is 34.2 Å². The molecule has 4 aliphatic rings. The molecule has 0 unspecified atom stereocenters. The summed E-state index contributed by atoms with van der Waals surface area (Å²) in [4.78, 5) is 19.8. The molecule has 4 saturated heterocycles. The van der Waals surface area contributed by atoms with Gasteiger partial charge in [0.25, 0.3) is 0 Å². The van der Waals surface area contributed by atoms with E-state index < -0.39 is 5.60 Å². The predicted molar refractivity (Wildman–Crippen MR) is 236 cm³/mol. The Morgan fingerprint density at radius 1 is 0.621 bits per heavy atom. The van der Waals surface area contributed by atoms with E-state index in [1.54, 1.807) is 0 Å². The van der Waals surface area contributed by atoms with Crippen LogP contribution in [0.3, 0.4) is 0 Å². The lowest BCUT2D eigenvalue weighted by Crippen LogP contribution is -2.51. The molecular formula is C49H65ClN4O4. The number of fused-ring (bicyclic) bond motifs is 2. The summed E-state index contributed by atoms with van der Waals surface area (Å²) < 4.78 is 17.4. The van der Waals surface area contributed by atoms with E-state index in [0.29, 0.717) is 19.1 Å². The summed E-state index contributed by atoms with van der Waals surface area (Å²) in [5.41, 5.74) is 4.64. The summed E-state index contributed by atoms with van der Waals surface area (Å²) in [6.07, 6.45) is 6.97. The molecule has 8 nitrogen and oxygen atoms in total. The van der Waals surface area contributed by atoms with Crippen molar-refractivity contribution in [3.8, 4) is 11.5 Å². The van der Waals surface area contributed by atoms with Crippen molar-refractivity contribution in [2.24, 2.45) is 11.8 Å². The second-order valence-corrected chi connectivity index (χ2v) is 17.4. The first-order valence-electron chi connectivity index (χ1n) is 21.4. The molecule has 4 aromatic carbocycles. The minimum absolute atomic E-state index is 0. The lowest BCUT2D eigenvalue weighted by atomic mass is 9.92. The SMILES string of the molecule is CC(C)(C)OC(=O)N1CC[C@@H]2CCN(CCc3ccc(OCc4ccccc4)cc3)C[C@@H]21.Cl.c1ccc(COc2ccc(CCN3CC[C@H]4CCN[C@H]4C3)cc2)cc1. The molecule has 4 heterocycles. The predicted octanol–water partition coefficient (Wildman–Crippen LogP) is 9.05. The molecule has 4 fully saturated rings. The molecule has 8 rings (SSSR count). The zero-order chi connectivity index (χ0) is 39.5. The van der Waals surface area contributed by atoms with E-state index in [1.165, 1.54) is 54.7 Å². The van der Waals surface area contributed by atoms with Gasteiger partial charge in [-0.2, -0.15) is 0 Å². The van der Waals surface area contributed by atoms with E-state index in [-0.39, 0.29) is 24.5 Å². The Labute approximate surface area is 353 Å². The van der Waals surface area contributed by atoms with E-state index >= 15 is 0 Å². The zero-order valence-corrected chi connectivity index (χ0v) is 35.7. The summed E-state index contributed by atoms with van der Waals surface area (Å²) in [5, 5.41) is 3.66. The lowest BCUT2D eigenvalue weighted by molar-refractivity contribution is 0.0126. The number of benzene rings is 4. The van der Waals surface area contributed by atoms with Crippen LogP contribution in [-0.2, 0) is 30.8 Å². The number of piperidine rings is 2. The van der Waals surface area contributed by atoms with Gasteiger partial charge in [0, 0.05) is 38.8 Å². The van der Waals surface area contributed by atoms with Gasteiger partial charge in [0.05, 0.1) is 6.04 Å². The molecule has 0 aliphatic carbocycles. The minimum atomic E-state index is -0.444. The van der Waals surface area contributed by atoms with Crippen LogP contribution in [0.4, 0.5) is 4.79 Å². The average Bonchev–Trinajstić information content (AvgIpc) is 3.89. The third-order valence-corrected chi connectivity index (χ3v) is 12.1. The van der Waals surface area contributed by atoms with Crippen molar-refractivity contribution in [2.45, 2.75) is 90.2 Å². The van der Waals surface area contributed by atoms with Crippen molar-refractivity contribution in [1.29, 1.82) is 0 Å². The Kier molecular flexibility index (Phi) is 15.9. The summed E-state index contributed by atoms with van der Waals surface area (Å²) in [5.74, 6) is 3.39. The first kappa shape index (κ1) is 43.5. The molecule has 312 valence electrons. The number of likely N-dealkylation sites (tertiary alicyclic amines) is 3. The first-order valence-corrected chi connectivity index (χ1v) is 21.4. The maximum Gasteiger partial charge on any atom is 0.410 e. The highest BCUT2D eigenvalue weighted by molar-refractivity contribution is 5.85. The maximum absolute atomic E-state index is 12.7. The van der Waals surface area contributed by atoms with E-state index in [4.69, 9.17) is 14.2 Å². The number of rotatable bonds is 12. The Bertz CT molecular complexity index is 1800. The topological polar surface area (TPSA) is 66.5 Å². The Balaban J connectivity index is 0.000000198. The van der Waals surface area contributed by atoms with Crippen LogP contribution in [0.15, 0.2) is 109 Å². The Morgan fingerprint density at radius 2 is 1.12 bits per heavy atom. The molecule has 0 spiro atoms. The normalized spacial score (nSPS) is 21.8. The summed E-state index contributed by atoms with van der Waals surface area (Å²) in [6, 6.07) is 38.6.